The second kappa shape index (κ2) is 6.96. The molecule has 0 bridgehead atoms. The number of piperidine rings is 1. The number of likely N-dealkylation sites (tertiary alicyclic amines) is 1. The Morgan fingerprint density at radius 1 is 1.18 bits per heavy atom. The summed E-state index contributed by atoms with van der Waals surface area (Å²) in [6.45, 7) is 1.70. The van der Waals surface area contributed by atoms with Gasteiger partial charge in [0.15, 0.2) is 6.61 Å². The second-order valence-electron chi connectivity index (χ2n) is 5.29. The highest BCUT2D eigenvalue weighted by Crippen LogP contribution is 2.24. The highest BCUT2D eigenvalue weighted by atomic mass is 79.9. The molecule has 0 atom stereocenters. The fraction of sp³-hybridized carbons (Fsp3) is 0.375. The van der Waals surface area contributed by atoms with E-state index in [1.165, 1.54) is 6.42 Å². The first-order valence-electron chi connectivity index (χ1n) is 7.45. The van der Waals surface area contributed by atoms with Crippen molar-refractivity contribution in [1.82, 2.24) is 14.7 Å². The van der Waals surface area contributed by atoms with Gasteiger partial charge in [0.1, 0.15) is 0 Å². The summed E-state index contributed by atoms with van der Waals surface area (Å²) in [5.74, 6) is 0.468. The molecule has 1 aromatic carbocycles. The Kier molecular flexibility index (Phi) is 4.77. The number of carbonyl (C=O) groups is 1. The van der Waals surface area contributed by atoms with Crippen molar-refractivity contribution >= 4 is 21.8 Å². The summed E-state index contributed by atoms with van der Waals surface area (Å²) in [6.07, 6.45) is 5.20. The summed E-state index contributed by atoms with van der Waals surface area (Å²) in [5.41, 5.74) is 0.945. The molecule has 0 unspecified atom stereocenters. The molecule has 0 aliphatic carbocycles. The van der Waals surface area contributed by atoms with E-state index in [-0.39, 0.29) is 12.5 Å². The minimum Gasteiger partial charge on any atom is -0.466 e. The number of aromatic nitrogens is 2. The first kappa shape index (κ1) is 15.1. The highest BCUT2D eigenvalue weighted by Gasteiger charge is 2.18. The Morgan fingerprint density at radius 3 is 2.64 bits per heavy atom. The van der Waals surface area contributed by atoms with Gasteiger partial charge in [0, 0.05) is 19.3 Å². The van der Waals surface area contributed by atoms with Crippen molar-refractivity contribution < 1.29 is 9.53 Å². The van der Waals surface area contributed by atoms with Crippen molar-refractivity contribution in [1.29, 1.82) is 0 Å². The van der Waals surface area contributed by atoms with Crippen LogP contribution in [-0.2, 0) is 4.79 Å². The molecule has 2 aromatic rings. The Morgan fingerprint density at radius 2 is 1.91 bits per heavy atom. The number of hydrogen-bond acceptors (Lipinski definition) is 3. The fourth-order valence-corrected chi connectivity index (χ4v) is 2.90. The first-order valence-corrected chi connectivity index (χ1v) is 8.24. The summed E-state index contributed by atoms with van der Waals surface area (Å²) in [6, 6.07) is 9.78. The quantitative estimate of drug-likeness (QED) is 0.838. The molecule has 2 heterocycles. The van der Waals surface area contributed by atoms with Crippen molar-refractivity contribution in [3.63, 3.8) is 0 Å². The van der Waals surface area contributed by atoms with Gasteiger partial charge < -0.3 is 9.64 Å². The van der Waals surface area contributed by atoms with Crippen LogP contribution in [0.4, 0.5) is 0 Å². The molecule has 0 saturated carbocycles. The number of hydrogen-bond donors (Lipinski definition) is 0. The van der Waals surface area contributed by atoms with E-state index < -0.39 is 0 Å². The molecule has 22 heavy (non-hydrogen) atoms. The lowest BCUT2D eigenvalue weighted by atomic mass is 10.1. The van der Waals surface area contributed by atoms with Crippen molar-refractivity contribution in [3.05, 3.63) is 41.0 Å². The Bertz CT molecular complexity index is 636. The summed E-state index contributed by atoms with van der Waals surface area (Å²) in [7, 11) is 0. The van der Waals surface area contributed by atoms with Gasteiger partial charge in [-0.15, -0.1) is 5.10 Å². The van der Waals surface area contributed by atoms with Crippen LogP contribution in [0.5, 0.6) is 5.88 Å². The average Bonchev–Trinajstić information content (AvgIpc) is 2.95. The van der Waals surface area contributed by atoms with Gasteiger partial charge in [0.25, 0.3) is 5.91 Å². The van der Waals surface area contributed by atoms with E-state index in [4.69, 9.17) is 4.74 Å². The molecule has 1 aliphatic rings. The molecule has 0 N–H and O–H groups in total. The summed E-state index contributed by atoms with van der Waals surface area (Å²) < 4.78 is 8.05. The third-order valence-electron chi connectivity index (χ3n) is 3.70. The number of amides is 1. The molecule has 1 amide bonds. The topological polar surface area (TPSA) is 47.4 Å². The van der Waals surface area contributed by atoms with E-state index in [9.17, 15) is 4.79 Å². The molecule has 1 aromatic heterocycles. The SMILES string of the molecule is O=C(COc1nn(-c2ccccc2)cc1Br)N1CCCCC1. The van der Waals surface area contributed by atoms with E-state index in [0.717, 1.165) is 36.1 Å². The Labute approximate surface area is 138 Å². The van der Waals surface area contributed by atoms with E-state index in [2.05, 4.69) is 21.0 Å². The molecule has 1 aliphatic heterocycles. The summed E-state index contributed by atoms with van der Waals surface area (Å²) >= 11 is 3.43. The van der Waals surface area contributed by atoms with Crippen LogP contribution in [0.15, 0.2) is 41.0 Å². The number of benzene rings is 1. The number of rotatable bonds is 4. The second-order valence-corrected chi connectivity index (χ2v) is 6.15. The molecular formula is C16H18BrN3O2. The van der Waals surface area contributed by atoms with Gasteiger partial charge in [0.2, 0.25) is 5.88 Å². The smallest absolute Gasteiger partial charge is 0.260 e. The fourth-order valence-electron chi connectivity index (χ4n) is 2.51. The van der Waals surface area contributed by atoms with Crippen LogP contribution >= 0.6 is 15.9 Å². The van der Waals surface area contributed by atoms with E-state index >= 15 is 0 Å². The van der Waals surface area contributed by atoms with Gasteiger partial charge in [-0.1, -0.05) is 18.2 Å². The summed E-state index contributed by atoms with van der Waals surface area (Å²) in [5, 5.41) is 4.37. The normalized spacial score (nSPS) is 14.9. The molecule has 0 spiro atoms. The predicted octanol–water partition coefficient (Wildman–Crippen LogP) is 3.03. The maximum Gasteiger partial charge on any atom is 0.260 e. The zero-order valence-electron chi connectivity index (χ0n) is 12.2. The Hall–Kier alpha value is -1.82. The van der Waals surface area contributed by atoms with E-state index in [0.29, 0.717) is 5.88 Å². The number of ether oxygens (including phenoxy) is 1. The lowest BCUT2D eigenvalue weighted by molar-refractivity contribution is -0.134. The van der Waals surface area contributed by atoms with Gasteiger partial charge in [-0.2, -0.15) is 0 Å². The monoisotopic (exact) mass is 363 g/mol. The Balaban J connectivity index is 1.63. The number of halogens is 1. The van der Waals surface area contributed by atoms with Crippen molar-refractivity contribution in [2.24, 2.45) is 0 Å². The first-order chi connectivity index (χ1) is 10.7. The molecule has 6 heteroatoms. The number of carbonyl (C=O) groups excluding carboxylic acids is 1. The van der Waals surface area contributed by atoms with Crippen LogP contribution in [0, 0.1) is 0 Å². The van der Waals surface area contributed by atoms with Crippen LogP contribution in [0.25, 0.3) is 5.69 Å². The lowest BCUT2D eigenvalue weighted by Crippen LogP contribution is -2.38. The van der Waals surface area contributed by atoms with Gasteiger partial charge in [0.05, 0.1) is 10.2 Å². The van der Waals surface area contributed by atoms with Crippen LogP contribution < -0.4 is 4.74 Å². The number of para-hydroxylation sites is 1. The molecule has 116 valence electrons. The maximum absolute atomic E-state index is 12.1. The van der Waals surface area contributed by atoms with E-state index in [1.807, 2.05) is 41.4 Å². The predicted molar refractivity (Wildman–Crippen MR) is 87.2 cm³/mol. The molecule has 3 rings (SSSR count). The zero-order chi connectivity index (χ0) is 15.4. The molecule has 0 radical (unpaired) electrons. The van der Waals surface area contributed by atoms with Gasteiger partial charge in [-0.05, 0) is 47.3 Å². The third-order valence-corrected chi connectivity index (χ3v) is 4.24. The minimum atomic E-state index is 0.0286. The molecular weight excluding hydrogens is 346 g/mol. The highest BCUT2D eigenvalue weighted by molar-refractivity contribution is 9.10. The standard InChI is InChI=1S/C16H18BrN3O2/c17-14-11-20(13-7-3-1-4-8-13)18-16(14)22-12-15(21)19-9-5-2-6-10-19/h1,3-4,7-8,11H,2,5-6,9-10,12H2. The van der Waals surface area contributed by atoms with Gasteiger partial charge in [-0.3, -0.25) is 4.79 Å². The van der Waals surface area contributed by atoms with Crippen LogP contribution in [0.3, 0.4) is 0 Å². The molecule has 1 saturated heterocycles. The van der Waals surface area contributed by atoms with Crippen LogP contribution in [0.2, 0.25) is 0 Å². The van der Waals surface area contributed by atoms with Gasteiger partial charge in [-0.25, -0.2) is 4.68 Å². The van der Waals surface area contributed by atoms with Crippen molar-refractivity contribution in [3.8, 4) is 11.6 Å². The molecule has 5 nitrogen and oxygen atoms in total. The van der Waals surface area contributed by atoms with Crippen molar-refractivity contribution in [2.45, 2.75) is 19.3 Å². The van der Waals surface area contributed by atoms with Crippen LogP contribution in [0.1, 0.15) is 19.3 Å². The average molecular weight is 364 g/mol. The van der Waals surface area contributed by atoms with Crippen molar-refractivity contribution in [2.75, 3.05) is 19.7 Å². The van der Waals surface area contributed by atoms with E-state index in [1.54, 1.807) is 4.68 Å². The van der Waals surface area contributed by atoms with Crippen LogP contribution in [-0.4, -0.2) is 40.3 Å². The maximum atomic E-state index is 12.1. The third kappa shape index (κ3) is 3.50. The van der Waals surface area contributed by atoms with Gasteiger partial charge >= 0.3 is 0 Å². The summed E-state index contributed by atoms with van der Waals surface area (Å²) in [4.78, 5) is 14.0. The minimum absolute atomic E-state index is 0.0286. The lowest BCUT2D eigenvalue weighted by Gasteiger charge is -2.26. The molecule has 1 fully saturated rings. The zero-order valence-corrected chi connectivity index (χ0v) is 13.8. The largest absolute Gasteiger partial charge is 0.466 e. The number of nitrogens with zero attached hydrogens (tertiary/aromatic N) is 3.